The van der Waals surface area contributed by atoms with Crippen molar-refractivity contribution < 1.29 is 29.6 Å². The van der Waals surface area contributed by atoms with Gasteiger partial charge in [-0.05, 0) is 29.3 Å². The SMILES string of the molecule is Cc1cccc2cccc(C(=O)NC3CN4C(N)=N[C@@H](CN5C(=O)CCC5=O)[C@@H]5[NH+]=C(N)NC54C3(O)O)c12. The minimum Gasteiger partial charge on any atom is -0.370 e. The molecule has 2 fully saturated rings. The second-order valence-electron chi connectivity index (χ2n) is 10.2. The van der Waals surface area contributed by atoms with Gasteiger partial charge in [-0.2, -0.15) is 0 Å². The first kappa shape index (κ1) is 24.1. The molecule has 0 radical (unpaired) electrons. The van der Waals surface area contributed by atoms with Crippen LogP contribution in [-0.4, -0.2) is 92.3 Å². The van der Waals surface area contributed by atoms with Crippen LogP contribution in [-0.2, 0) is 9.59 Å². The number of guanidine groups is 2. The average molecular weight is 522 g/mol. The van der Waals surface area contributed by atoms with Gasteiger partial charge >= 0.3 is 5.96 Å². The van der Waals surface area contributed by atoms with Crippen molar-refractivity contribution in [2.75, 3.05) is 13.1 Å². The molecule has 4 atom stereocenters. The smallest absolute Gasteiger partial charge is 0.343 e. The van der Waals surface area contributed by atoms with Crippen LogP contribution in [0.4, 0.5) is 0 Å². The summed E-state index contributed by atoms with van der Waals surface area (Å²) < 4.78 is 0. The molecule has 3 amide bonds. The molecule has 38 heavy (non-hydrogen) atoms. The highest BCUT2D eigenvalue weighted by atomic mass is 16.5. The second kappa shape index (κ2) is 8.13. The Morgan fingerprint density at radius 2 is 1.87 bits per heavy atom. The summed E-state index contributed by atoms with van der Waals surface area (Å²) in [6, 6.07) is 8.13. The summed E-state index contributed by atoms with van der Waals surface area (Å²) in [7, 11) is 0. The van der Waals surface area contributed by atoms with Crippen molar-refractivity contribution in [2.45, 2.75) is 49.3 Å². The van der Waals surface area contributed by atoms with Crippen LogP contribution < -0.4 is 27.1 Å². The zero-order chi connectivity index (χ0) is 27.0. The van der Waals surface area contributed by atoms with Gasteiger partial charge in [0.1, 0.15) is 12.1 Å². The molecule has 2 saturated heterocycles. The Bertz CT molecular complexity index is 1430. The van der Waals surface area contributed by atoms with E-state index in [1.54, 1.807) is 12.1 Å². The Balaban J connectivity index is 1.34. The van der Waals surface area contributed by atoms with Crippen molar-refractivity contribution in [3.63, 3.8) is 0 Å². The minimum atomic E-state index is -2.60. The first-order valence-electron chi connectivity index (χ1n) is 12.4. The molecular formula is C25H29N8O5+. The highest BCUT2D eigenvalue weighted by Crippen LogP contribution is 2.41. The molecule has 13 nitrogen and oxygen atoms in total. The van der Waals surface area contributed by atoms with Crippen LogP contribution in [0.2, 0.25) is 0 Å². The Morgan fingerprint density at radius 1 is 1.18 bits per heavy atom. The second-order valence-corrected chi connectivity index (χ2v) is 10.2. The van der Waals surface area contributed by atoms with Crippen LogP contribution in [0.1, 0.15) is 28.8 Å². The molecule has 13 heteroatoms. The molecule has 1 spiro atoms. The fourth-order valence-corrected chi connectivity index (χ4v) is 6.29. The summed E-state index contributed by atoms with van der Waals surface area (Å²) >= 11 is 0. The molecule has 2 aromatic rings. The van der Waals surface area contributed by atoms with Crippen molar-refractivity contribution in [2.24, 2.45) is 16.5 Å². The van der Waals surface area contributed by atoms with E-state index in [9.17, 15) is 24.6 Å². The first-order chi connectivity index (χ1) is 18.0. The number of aliphatic hydroxyl groups is 2. The van der Waals surface area contributed by atoms with E-state index in [1.165, 1.54) is 4.90 Å². The lowest BCUT2D eigenvalue weighted by molar-refractivity contribution is -0.521. The van der Waals surface area contributed by atoms with Gasteiger partial charge in [0, 0.05) is 18.4 Å². The summed E-state index contributed by atoms with van der Waals surface area (Å²) in [5.41, 5.74) is 11.9. The number of hydrogen-bond donors (Lipinski definition) is 7. The predicted molar refractivity (Wildman–Crippen MR) is 135 cm³/mol. The van der Waals surface area contributed by atoms with Gasteiger partial charge in [-0.15, -0.1) is 0 Å². The number of nitrogens with two attached hydrogens (primary N) is 2. The fraction of sp³-hybridized carbons (Fsp3) is 0.400. The van der Waals surface area contributed by atoms with Gasteiger partial charge in [-0.3, -0.25) is 34.9 Å². The number of aliphatic imine (C=N–C) groups is 1. The molecule has 0 saturated carbocycles. The van der Waals surface area contributed by atoms with Gasteiger partial charge < -0.3 is 21.3 Å². The number of amides is 3. The molecule has 198 valence electrons. The third kappa shape index (κ3) is 3.21. The van der Waals surface area contributed by atoms with Crippen molar-refractivity contribution in [1.82, 2.24) is 20.4 Å². The molecule has 6 rings (SSSR count). The lowest BCUT2D eigenvalue weighted by Crippen LogP contribution is -2.90. The zero-order valence-electron chi connectivity index (χ0n) is 20.6. The topological polar surface area (TPSA) is 201 Å². The number of benzene rings is 2. The maximum absolute atomic E-state index is 13.5. The molecule has 2 unspecified atom stereocenters. The molecule has 4 heterocycles. The number of rotatable bonds is 4. The minimum absolute atomic E-state index is 0.0399. The molecule has 4 aliphatic rings. The zero-order valence-corrected chi connectivity index (χ0v) is 20.6. The van der Waals surface area contributed by atoms with Crippen LogP contribution in [0.3, 0.4) is 0 Å². The fourth-order valence-electron chi connectivity index (χ4n) is 6.29. The maximum Gasteiger partial charge on any atom is 0.343 e. The number of hydrogen-bond acceptors (Lipinski definition) is 10. The maximum atomic E-state index is 13.5. The van der Waals surface area contributed by atoms with Crippen LogP contribution >= 0.6 is 0 Å². The molecule has 4 aliphatic heterocycles. The largest absolute Gasteiger partial charge is 0.370 e. The highest BCUT2D eigenvalue weighted by Gasteiger charge is 2.76. The van der Waals surface area contributed by atoms with Gasteiger partial charge in [0.2, 0.25) is 17.6 Å². The Hall–Kier alpha value is -4.23. The number of likely N-dealkylation sites (tertiary alicyclic amines) is 1. The van der Waals surface area contributed by atoms with E-state index in [4.69, 9.17) is 11.5 Å². The standard InChI is InChI=1S/C25H28N8O5/c1-12-4-2-5-13-6-3-7-14(19(12)13)21(36)29-16-11-33-23(27)28-15(10-32-17(34)8-9-18(32)35)20-24(33,25(16,37)38)31-22(26)30-20/h2-7,15-16,20,37-38H,8-11H2,1H3,(H2,27,28)(H,29,36)(H3,26,30,31)/p+1/t15-,16?,20-,24?/m0/s1. The quantitative estimate of drug-likeness (QED) is 0.155. The van der Waals surface area contributed by atoms with E-state index in [2.05, 4.69) is 20.6 Å². The van der Waals surface area contributed by atoms with Gasteiger partial charge in [-0.1, -0.05) is 30.3 Å². The van der Waals surface area contributed by atoms with E-state index < -0.39 is 35.5 Å². The monoisotopic (exact) mass is 521 g/mol. The number of nitrogens with zero attached hydrogens (tertiary/aromatic N) is 3. The lowest BCUT2D eigenvalue weighted by atomic mass is 9.84. The lowest BCUT2D eigenvalue weighted by Gasteiger charge is -2.46. The van der Waals surface area contributed by atoms with Gasteiger partial charge in [0.25, 0.3) is 11.6 Å². The number of aryl methyl sites for hydroxylation is 1. The van der Waals surface area contributed by atoms with Gasteiger partial charge in [-0.25, -0.2) is 10.3 Å². The summed E-state index contributed by atoms with van der Waals surface area (Å²) in [4.78, 5) is 48.1. The summed E-state index contributed by atoms with van der Waals surface area (Å²) in [6.07, 6.45) is 0.219. The molecule has 2 aromatic carbocycles. The summed E-state index contributed by atoms with van der Waals surface area (Å²) in [5, 5.41) is 30.7. The van der Waals surface area contributed by atoms with E-state index >= 15 is 0 Å². The van der Waals surface area contributed by atoms with Crippen LogP contribution in [0.5, 0.6) is 0 Å². The van der Waals surface area contributed by atoms with E-state index in [1.807, 2.05) is 31.2 Å². The Kier molecular flexibility index (Phi) is 5.16. The Labute approximate surface area is 217 Å². The van der Waals surface area contributed by atoms with Crippen LogP contribution in [0.25, 0.3) is 10.8 Å². The number of fused-ring (bicyclic) bond motifs is 1. The number of carbonyl (C=O) groups excluding carboxylic acids is 3. The van der Waals surface area contributed by atoms with Crippen molar-refractivity contribution in [3.05, 3.63) is 47.5 Å². The predicted octanol–water partition coefficient (Wildman–Crippen LogP) is -3.85. The normalized spacial score (nSPS) is 29.6. The Morgan fingerprint density at radius 3 is 2.58 bits per heavy atom. The summed E-state index contributed by atoms with van der Waals surface area (Å²) in [5.74, 6) is -3.75. The van der Waals surface area contributed by atoms with Gasteiger partial charge in [0.15, 0.2) is 12.0 Å². The van der Waals surface area contributed by atoms with Gasteiger partial charge in [0.05, 0.1) is 13.1 Å². The first-order valence-corrected chi connectivity index (χ1v) is 12.4. The van der Waals surface area contributed by atoms with Crippen LogP contribution in [0, 0.1) is 6.92 Å². The van der Waals surface area contributed by atoms with Crippen molar-refractivity contribution in [1.29, 1.82) is 0 Å². The molecule has 9 N–H and O–H groups in total. The number of imide groups is 1. The van der Waals surface area contributed by atoms with E-state index in [-0.39, 0.29) is 49.7 Å². The molecule has 0 aromatic heterocycles. The third-order valence-corrected chi connectivity index (χ3v) is 8.07. The van der Waals surface area contributed by atoms with Crippen LogP contribution in [0.15, 0.2) is 41.4 Å². The molecule has 0 aliphatic carbocycles. The molecular weight excluding hydrogens is 492 g/mol. The number of nitrogens with one attached hydrogen (secondary N) is 3. The number of carbonyl (C=O) groups is 3. The third-order valence-electron chi connectivity index (χ3n) is 8.07. The van der Waals surface area contributed by atoms with E-state index in [0.29, 0.717) is 5.56 Å². The average Bonchev–Trinajstić information content (AvgIpc) is 3.47. The van der Waals surface area contributed by atoms with Crippen molar-refractivity contribution in [3.8, 4) is 0 Å². The summed E-state index contributed by atoms with van der Waals surface area (Å²) in [6.45, 7) is 1.70. The van der Waals surface area contributed by atoms with E-state index in [0.717, 1.165) is 21.2 Å². The highest BCUT2D eigenvalue weighted by molar-refractivity contribution is 6.08. The molecule has 0 bridgehead atoms. The van der Waals surface area contributed by atoms with Crippen molar-refractivity contribution >= 4 is 40.4 Å².